The van der Waals surface area contributed by atoms with Crippen LogP contribution in [0.15, 0.2) is 12.2 Å². The molecule has 0 saturated carbocycles. The number of rotatable bonds is 8. The van der Waals surface area contributed by atoms with Crippen LogP contribution in [0.2, 0.25) is 0 Å². The van der Waals surface area contributed by atoms with Crippen molar-refractivity contribution in [1.29, 1.82) is 0 Å². The molecule has 0 aliphatic rings. The number of anilines is 1. The van der Waals surface area contributed by atoms with Gasteiger partial charge in [-0.1, -0.05) is 26.0 Å². The topological polar surface area (TPSA) is 59.9 Å². The molecule has 0 aliphatic carbocycles. The van der Waals surface area contributed by atoms with E-state index in [1.54, 1.807) is 0 Å². The Balaban J connectivity index is 2.40. The fraction of sp³-hybridized carbons (Fsp3) is 0.615. The highest BCUT2D eigenvalue weighted by atomic mass is 16.5. The van der Waals surface area contributed by atoms with E-state index < -0.39 is 0 Å². The van der Waals surface area contributed by atoms with Crippen molar-refractivity contribution in [2.24, 2.45) is 0 Å². The number of hydrogen-bond acceptors (Lipinski definition) is 5. The number of hydrogen-bond donors (Lipinski definition) is 1. The van der Waals surface area contributed by atoms with E-state index in [0.29, 0.717) is 25.7 Å². The SMILES string of the molecule is C=C(C)COCCNc1nnc(CC)c(CC)n1. The largest absolute Gasteiger partial charge is 0.375 e. The molecule has 0 spiro atoms. The Morgan fingerprint density at radius 2 is 1.94 bits per heavy atom. The minimum Gasteiger partial charge on any atom is -0.375 e. The van der Waals surface area contributed by atoms with Crippen LogP contribution in [0.1, 0.15) is 32.2 Å². The lowest BCUT2D eigenvalue weighted by Gasteiger charge is -2.08. The van der Waals surface area contributed by atoms with Crippen molar-refractivity contribution in [3.8, 4) is 0 Å². The van der Waals surface area contributed by atoms with Gasteiger partial charge in [0.05, 0.1) is 24.6 Å². The molecule has 1 heterocycles. The summed E-state index contributed by atoms with van der Waals surface area (Å²) in [5.74, 6) is 0.572. The van der Waals surface area contributed by atoms with Crippen LogP contribution in [0.5, 0.6) is 0 Å². The van der Waals surface area contributed by atoms with Gasteiger partial charge in [0.25, 0.3) is 0 Å². The highest BCUT2D eigenvalue weighted by Gasteiger charge is 2.05. The van der Waals surface area contributed by atoms with Crippen LogP contribution in [-0.2, 0) is 17.6 Å². The predicted octanol–water partition coefficient (Wildman–Crippen LogP) is 2.00. The van der Waals surface area contributed by atoms with Gasteiger partial charge in [-0.2, -0.15) is 5.10 Å². The van der Waals surface area contributed by atoms with Crippen molar-refractivity contribution >= 4 is 5.95 Å². The number of aryl methyl sites for hydroxylation is 2. The lowest BCUT2D eigenvalue weighted by atomic mass is 10.2. The molecule has 0 atom stereocenters. The lowest BCUT2D eigenvalue weighted by molar-refractivity contribution is 0.167. The average molecular weight is 250 g/mol. The first-order chi connectivity index (χ1) is 8.67. The number of nitrogens with zero attached hydrogens (tertiary/aromatic N) is 3. The number of nitrogens with one attached hydrogen (secondary N) is 1. The molecule has 5 nitrogen and oxygen atoms in total. The fourth-order valence-corrected chi connectivity index (χ4v) is 1.49. The van der Waals surface area contributed by atoms with Gasteiger partial charge in [-0.25, -0.2) is 4.98 Å². The molecule has 0 bridgehead atoms. The van der Waals surface area contributed by atoms with Gasteiger partial charge in [0.15, 0.2) is 0 Å². The van der Waals surface area contributed by atoms with Gasteiger partial charge < -0.3 is 10.1 Å². The zero-order chi connectivity index (χ0) is 13.4. The summed E-state index contributed by atoms with van der Waals surface area (Å²) in [5.41, 5.74) is 3.01. The van der Waals surface area contributed by atoms with E-state index in [1.165, 1.54) is 0 Å². The fourth-order valence-electron chi connectivity index (χ4n) is 1.49. The average Bonchev–Trinajstić information content (AvgIpc) is 2.37. The third kappa shape index (κ3) is 4.79. The van der Waals surface area contributed by atoms with Crippen LogP contribution in [0.25, 0.3) is 0 Å². The van der Waals surface area contributed by atoms with Crippen molar-refractivity contribution in [3.63, 3.8) is 0 Å². The summed E-state index contributed by atoms with van der Waals surface area (Å²) in [6, 6.07) is 0. The van der Waals surface area contributed by atoms with Crippen LogP contribution < -0.4 is 5.32 Å². The summed E-state index contributed by atoms with van der Waals surface area (Å²) in [6.45, 7) is 11.7. The van der Waals surface area contributed by atoms with E-state index in [0.717, 1.165) is 29.8 Å². The monoisotopic (exact) mass is 250 g/mol. The van der Waals surface area contributed by atoms with Gasteiger partial charge in [-0.15, -0.1) is 5.10 Å². The summed E-state index contributed by atoms with van der Waals surface area (Å²) in [6.07, 6.45) is 1.74. The summed E-state index contributed by atoms with van der Waals surface area (Å²) in [7, 11) is 0. The first kappa shape index (κ1) is 14.6. The summed E-state index contributed by atoms with van der Waals surface area (Å²) in [5, 5.41) is 11.3. The molecule has 100 valence electrons. The first-order valence-corrected chi connectivity index (χ1v) is 6.35. The molecule has 0 amide bonds. The minimum absolute atomic E-state index is 0.572. The van der Waals surface area contributed by atoms with Gasteiger partial charge in [0, 0.05) is 6.54 Å². The van der Waals surface area contributed by atoms with Gasteiger partial charge in [0.2, 0.25) is 5.95 Å². The molecule has 0 unspecified atom stereocenters. The van der Waals surface area contributed by atoms with E-state index in [1.807, 2.05) is 6.92 Å². The van der Waals surface area contributed by atoms with Gasteiger partial charge in [-0.3, -0.25) is 0 Å². The third-order valence-corrected chi connectivity index (χ3v) is 2.39. The molecule has 5 heteroatoms. The Bertz CT molecular complexity index is 393. The van der Waals surface area contributed by atoms with E-state index in [-0.39, 0.29) is 0 Å². The molecule has 0 aromatic carbocycles. The van der Waals surface area contributed by atoms with E-state index in [9.17, 15) is 0 Å². The summed E-state index contributed by atoms with van der Waals surface area (Å²) in [4.78, 5) is 4.44. The Hall–Kier alpha value is -1.49. The predicted molar refractivity (Wildman–Crippen MR) is 72.7 cm³/mol. The highest BCUT2D eigenvalue weighted by Crippen LogP contribution is 2.06. The molecule has 0 radical (unpaired) electrons. The van der Waals surface area contributed by atoms with Gasteiger partial charge in [0.1, 0.15) is 0 Å². The molecular weight excluding hydrogens is 228 g/mol. The van der Waals surface area contributed by atoms with Crippen LogP contribution in [0.3, 0.4) is 0 Å². The second kappa shape index (κ2) is 7.76. The smallest absolute Gasteiger partial charge is 0.243 e. The Morgan fingerprint density at radius 1 is 1.22 bits per heavy atom. The molecule has 1 aromatic heterocycles. The standard InChI is InChI=1S/C13H22N4O/c1-5-11-12(6-2)16-17-13(15-11)14-7-8-18-9-10(3)4/h3,5-9H2,1-2,4H3,(H,14,15,17). The number of ether oxygens (including phenoxy) is 1. The van der Waals surface area contributed by atoms with E-state index in [2.05, 4.69) is 40.9 Å². The zero-order valence-corrected chi connectivity index (χ0v) is 11.5. The van der Waals surface area contributed by atoms with Crippen molar-refractivity contribution in [2.45, 2.75) is 33.6 Å². The second-order valence-electron chi connectivity index (χ2n) is 4.17. The normalized spacial score (nSPS) is 10.4. The zero-order valence-electron chi connectivity index (χ0n) is 11.5. The van der Waals surface area contributed by atoms with Crippen molar-refractivity contribution < 1.29 is 4.74 Å². The van der Waals surface area contributed by atoms with Crippen LogP contribution >= 0.6 is 0 Å². The van der Waals surface area contributed by atoms with Crippen LogP contribution in [-0.4, -0.2) is 34.9 Å². The molecule has 0 fully saturated rings. The molecule has 18 heavy (non-hydrogen) atoms. The molecule has 1 rings (SSSR count). The molecule has 1 N–H and O–H groups in total. The Kier molecular flexibility index (Phi) is 6.28. The van der Waals surface area contributed by atoms with Crippen molar-refractivity contribution in [1.82, 2.24) is 15.2 Å². The van der Waals surface area contributed by atoms with Crippen molar-refractivity contribution in [2.75, 3.05) is 25.1 Å². The summed E-state index contributed by atoms with van der Waals surface area (Å²) < 4.78 is 5.38. The highest BCUT2D eigenvalue weighted by molar-refractivity contribution is 5.25. The van der Waals surface area contributed by atoms with Gasteiger partial charge in [-0.05, 0) is 19.8 Å². The molecule has 1 aromatic rings. The molecule has 0 saturated heterocycles. The van der Waals surface area contributed by atoms with Crippen LogP contribution in [0, 0.1) is 0 Å². The maximum atomic E-state index is 5.38. The quantitative estimate of drug-likeness (QED) is 0.565. The van der Waals surface area contributed by atoms with Crippen molar-refractivity contribution in [3.05, 3.63) is 23.5 Å². The second-order valence-corrected chi connectivity index (χ2v) is 4.17. The van der Waals surface area contributed by atoms with E-state index in [4.69, 9.17) is 4.74 Å². The first-order valence-electron chi connectivity index (χ1n) is 6.35. The van der Waals surface area contributed by atoms with Gasteiger partial charge >= 0.3 is 0 Å². The lowest BCUT2D eigenvalue weighted by Crippen LogP contribution is -2.14. The third-order valence-electron chi connectivity index (χ3n) is 2.39. The van der Waals surface area contributed by atoms with Crippen LogP contribution in [0.4, 0.5) is 5.95 Å². The minimum atomic E-state index is 0.572. The maximum Gasteiger partial charge on any atom is 0.243 e. The maximum absolute atomic E-state index is 5.38. The molecule has 0 aliphatic heterocycles. The summed E-state index contributed by atoms with van der Waals surface area (Å²) >= 11 is 0. The molecular formula is C13H22N4O. The number of aromatic nitrogens is 3. The Labute approximate surface area is 109 Å². The Morgan fingerprint density at radius 3 is 2.56 bits per heavy atom. The van der Waals surface area contributed by atoms with E-state index >= 15 is 0 Å².